The zero-order chi connectivity index (χ0) is 16.6. The third-order valence-electron chi connectivity index (χ3n) is 3.15. The highest BCUT2D eigenvalue weighted by molar-refractivity contribution is 7.92. The van der Waals surface area contributed by atoms with Gasteiger partial charge >= 0.3 is 0 Å². The number of nitrogens with zero attached hydrogens (tertiary/aromatic N) is 3. The maximum atomic E-state index is 12.4. The molecule has 0 saturated carbocycles. The standard InChI is InChI=1S/C14H11ClN4O3S/c1-9-6-7-10(8-19(9)20)23(21,22)18-14-13(15)16-11-4-2-3-5-12(11)17-14/h2-8H,1H3,(H,17,18). The summed E-state index contributed by atoms with van der Waals surface area (Å²) >= 11 is 5.99. The third-order valence-corrected chi connectivity index (χ3v) is 4.74. The lowest BCUT2D eigenvalue weighted by atomic mass is 10.3. The molecule has 2 heterocycles. The van der Waals surface area contributed by atoms with Crippen LogP contribution in [0.2, 0.25) is 5.15 Å². The van der Waals surface area contributed by atoms with Gasteiger partial charge in [-0.2, -0.15) is 4.73 Å². The van der Waals surface area contributed by atoms with Crippen molar-refractivity contribution in [3.63, 3.8) is 0 Å². The number of hydrogen-bond acceptors (Lipinski definition) is 5. The second-order valence-corrected chi connectivity index (χ2v) is 6.83. The number of hydrogen-bond donors (Lipinski definition) is 1. The van der Waals surface area contributed by atoms with Crippen LogP contribution in [-0.2, 0) is 10.0 Å². The van der Waals surface area contributed by atoms with Crippen LogP contribution in [0.4, 0.5) is 5.82 Å². The Morgan fingerprint density at radius 1 is 1.13 bits per heavy atom. The van der Waals surface area contributed by atoms with Crippen LogP contribution in [0.5, 0.6) is 0 Å². The molecule has 0 bridgehead atoms. The predicted octanol–water partition coefficient (Wildman–Crippen LogP) is 2.03. The Balaban J connectivity index is 2.03. The van der Waals surface area contributed by atoms with Crippen molar-refractivity contribution in [1.82, 2.24) is 9.97 Å². The fourth-order valence-electron chi connectivity index (χ4n) is 1.93. The first kappa shape index (κ1) is 15.4. The molecule has 118 valence electrons. The third kappa shape index (κ3) is 3.03. The zero-order valence-corrected chi connectivity index (χ0v) is 13.5. The summed E-state index contributed by atoms with van der Waals surface area (Å²) in [5.74, 6) is -0.0941. The van der Waals surface area contributed by atoms with Crippen molar-refractivity contribution in [1.29, 1.82) is 0 Å². The monoisotopic (exact) mass is 350 g/mol. The lowest BCUT2D eigenvalue weighted by molar-refractivity contribution is -0.614. The number of fused-ring (bicyclic) bond motifs is 1. The Labute approximate surface area is 137 Å². The van der Waals surface area contributed by atoms with Gasteiger partial charge in [-0.15, -0.1) is 0 Å². The number of aryl methyl sites for hydroxylation is 1. The molecule has 23 heavy (non-hydrogen) atoms. The van der Waals surface area contributed by atoms with Crippen LogP contribution in [0.1, 0.15) is 5.69 Å². The van der Waals surface area contributed by atoms with E-state index >= 15 is 0 Å². The molecule has 0 fully saturated rings. The van der Waals surface area contributed by atoms with Crippen molar-refractivity contribution in [3.05, 3.63) is 58.6 Å². The van der Waals surface area contributed by atoms with Gasteiger partial charge in [-0.3, -0.25) is 4.72 Å². The van der Waals surface area contributed by atoms with Crippen molar-refractivity contribution >= 4 is 38.5 Å². The smallest absolute Gasteiger partial charge is 0.269 e. The molecule has 0 spiro atoms. The summed E-state index contributed by atoms with van der Waals surface area (Å²) in [5.41, 5.74) is 1.43. The second kappa shape index (κ2) is 5.64. The Morgan fingerprint density at radius 3 is 2.43 bits per heavy atom. The first-order valence-corrected chi connectivity index (χ1v) is 8.38. The van der Waals surface area contributed by atoms with Crippen LogP contribution in [-0.4, -0.2) is 18.4 Å². The van der Waals surface area contributed by atoms with E-state index in [0.29, 0.717) is 21.5 Å². The normalized spacial score (nSPS) is 11.6. The minimum Gasteiger partial charge on any atom is -0.618 e. The van der Waals surface area contributed by atoms with E-state index in [1.807, 2.05) is 0 Å². The van der Waals surface area contributed by atoms with Gasteiger partial charge in [0.1, 0.15) is 0 Å². The molecule has 0 amide bonds. The summed E-state index contributed by atoms with van der Waals surface area (Å²) in [6.45, 7) is 1.57. The van der Waals surface area contributed by atoms with Crippen molar-refractivity contribution < 1.29 is 13.1 Å². The molecular formula is C14H11ClN4O3S. The minimum atomic E-state index is -4.00. The summed E-state index contributed by atoms with van der Waals surface area (Å²) in [6.07, 6.45) is 0.972. The number of pyridine rings is 1. The van der Waals surface area contributed by atoms with Gasteiger partial charge < -0.3 is 5.21 Å². The molecule has 7 nitrogen and oxygen atoms in total. The molecule has 0 aliphatic rings. The molecule has 2 aromatic heterocycles. The minimum absolute atomic E-state index is 0.0746. The summed E-state index contributed by atoms with van der Waals surface area (Å²) in [4.78, 5) is 8.06. The number of rotatable bonds is 3. The van der Waals surface area contributed by atoms with Gasteiger partial charge in [-0.05, 0) is 18.2 Å². The highest BCUT2D eigenvalue weighted by atomic mass is 35.5. The predicted molar refractivity (Wildman–Crippen MR) is 85.5 cm³/mol. The Morgan fingerprint density at radius 2 is 1.78 bits per heavy atom. The van der Waals surface area contributed by atoms with Crippen LogP contribution >= 0.6 is 11.6 Å². The number of nitrogens with one attached hydrogen (secondary N) is 1. The molecule has 9 heteroatoms. The number of benzene rings is 1. The number of para-hydroxylation sites is 2. The first-order valence-electron chi connectivity index (χ1n) is 6.52. The van der Waals surface area contributed by atoms with E-state index < -0.39 is 10.0 Å². The summed E-state index contributed by atoms with van der Waals surface area (Å²) in [7, 11) is -4.00. The maximum Gasteiger partial charge on any atom is 0.269 e. The highest BCUT2D eigenvalue weighted by Crippen LogP contribution is 2.23. The molecule has 1 N–H and O–H groups in total. The fourth-order valence-corrected chi connectivity index (χ4v) is 3.16. The SMILES string of the molecule is Cc1ccc(S(=O)(=O)Nc2nc3ccccc3nc2Cl)c[n+]1[O-]. The van der Waals surface area contributed by atoms with Crippen LogP contribution < -0.4 is 9.45 Å². The van der Waals surface area contributed by atoms with Crippen LogP contribution in [0.3, 0.4) is 0 Å². The number of halogens is 1. The van der Waals surface area contributed by atoms with Gasteiger partial charge in [-0.1, -0.05) is 23.7 Å². The van der Waals surface area contributed by atoms with Crippen LogP contribution in [0.15, 0.2) is 47.5 Å². The lowest BCUT2D eigenvalue weighted by Crippen LogP contribution is -2.31. The van der Waals surface area contributed by atoms with Crippen molar-refractivity contribution in [2.24, 2.45) is 0 Å². The van der Waals surface area contributed by atoms with Crippen molar-refractivity contribution in [3.8, 4) is 0 Å². The number of aromatic nitrogens is 3. The zero-order valence-electron chi connectivity index (χ0n) is 11.9. The molecule has 3 aromatic rings. The van der Waals surface area contributed by atoms with E-state index in [1.165, 1.54) is 12.1 Å². The second-order valence-electron chi connectivity index (χ2n) is 4.79. The van der Waals surface area contributed by atoms with Crippen LogP contribution in [0.25, 0.3) is 11.0 Å². The molecule has 3 rings (SSSR count). The van der Waals surface area contributed by atoms with E-state index in [4.69, 9.17) is 11.6 Å². The van der Waals surface area contributed by atoms with Gasteiger partial charge in [0.25, 0.3) is 10.0 Å². The van der Waals surface area contributed by atoms with Gasteiger partial charge in [-0.25, -0.2) is 18.4 Å². The van der Waals surface area contributed by atoms with Gasteiger partial charge in [0.05, 0.1) is 11.0 Å². The first-order chi connectivity index (χ1) is 10.9. The van der Waals surface area contributed by atoms with Gasteiger partial charge in [0.2, 0.25) is 6.20 Å². The average molecular weight is 351 g/mol. The van der Waals surface area contributed by atoms with Crippen molar-refractivity contribution in [2.75, 3.05) is 4.72 Å². The van der Waals surface area contributed by atoms with Gasteiger partial charge in [0, 0.05) is 13.0 Å². The highest BCUT2D eigenvalue weighted by Gasteiger charge is 2.21. The Kier molecular flexibility index (Phi) is 3.78. The summed E-state index contributed by atoms with van der Waals surface area (Å²) in [6, 6.07) is 9.67. The van der Waals surface area contributed by atoms with E-state index in [1.54, 1.807) is 31.2 Å². The molecule has 0 saturated heterocycles. The van der Waals surface area contributed by atoms with E-state index in [2.05, 4.69) is 14.7 Å². The fraction of sp³-hybridized carbons (Fsp3) is 0.0714. The Hall–Kier alpha value is -2.45. The molecule has 0 aliphatic carbocycles. The van der Waals surface area contributed by atoms with E-state index in [-0.39, 0.29) is 15.9 Å². The molecule has 1 aromatic carbocycles. The Bertz CT molecular complexity index is 1010. The quantitative estimate of drug-likeness (QED) is 0.575. The molecule has 0 radical (unpaired) electrons. The van der Waals surface area contributed by atoms with Gasteiger partial charge in [0.15, 0.2) is 21.6 Å². The lowest BCUT2D eigenvalue weighted by Gasteiger charge is -2.09. The van der Waals surface area contributed by atoms with Crippen molar-refractivity contribution in [2.45, 2.75) is 11.8 Å². The topological polar surface area (TPSA) is 98.9 Å². The number of sulfonamides is 1. The summed E-state index contributed by atoms with van der Waals surface area (Å²) in [5, 5.41) is 11.5. The summed E-state index contributed by atoms with van der Waals surface area (Å²) < 4.78 is 27.5. The van der Waals surface area contributed by atoms with E-state index in [0.717, 1.165) is 6.20 Å². The van der Waals surface area contributed by atoms with Crippen LogP contribution in [0, 0.1) is 12.1 Å². The average Bonchev–Trinajstić information content (AvgIpc) is 2.50. The molecule has 0 atom stereocenters. The molecule has 0 aliphatic heterocycles. The molecular weight excluding hydrogens is 340 g/mol. The largest absolute Gasteiger partial charge is 0.618 e. The number of anilines is 1. The van der Waals surface area contributed by atoms with E-state index in [9.17, 15) is 13.6 Å². The maximum absolute atomic E-state index is 12.4. The molecule has 0 unspecified atom stereocenters.